The van der Waals surface area contributed by atoms with Gasteiger partial charge in [-0.05, 0) is 43.7 Å². The summed E-state index contributed by atoms with van der Waals surface area (Å²) in [5.74, 6) is 1.93. The van der Waals surface area contributed by atoms with Gasteiger partial charge in [0.15, 0.2) is 0 Å². The average Bonchev–Trinajstić information content (AvgIpc) is 3.20. The van der Waals surface area contributed by atoms with E-state index in [2.05, 4.69) is 15.3 Å². The number of carbonyl (C=O) groups is 1. The number of ether oxygens (including phenoxy) is 1. The van der Waals surface area contributed by atoms with E-state index in [0.717, 1.165) is 47.4 Å². The van der Waals surface area contributed by atoms with Gasteiger partial charge < -0.3 is 26.1 Å². The van der Waals surface area contributed by atoms with E-state index in [4.69, 9.17) is 27.5 Å². The van der Waals surface area contributed by atoms with Gasteiger partial charge in [-0.15, -0.1) is 22.9 Å². The second kappa shape index (κ2) is 11.8. The highest BCUT2D eigenvalue weighted by Gasteiger charge is 2.20. The number of amides is 1. The Morgan fingerprint density at radius 2 is 2.06 bits per heavy atom. The first-order valence-corrected chi connectivity index (χ1v) is 12.1. The molecule has 33 heavy (non-hydrogen) atoms. The van der Waals surface area contributed by atoms with Crippen molar-refractivity contribution in [3.05, 3.63) is 34.5 Å². The molecule has 0 saturated carbocycles. The normalized spacial score (nSPS) is 12.3. The number of nitrogens with zero attached hydrogens (tertiary/aromatic N) is 3. The molecular formula is C23H29ClN6O2S. The van der Waals surface area contributed by atoms with Gasteiger partial charge in [0.2, 0.25) is 6.41 Å². The first kappa shape index (κ1) is 24.7. The van der Waals surface area contributed by atoms with Crippen LogP contribution in [0.5, 0.6) is 5.75 Å². The van der Waals surface area contributed by atoms with Gasteiger partial charge in [0.05, 0.1) is 17.7 Å². The number of hydrogen-bond donors (Lipinski definition) is 3. The van der Waals surface area contributed by atoms with Crippen LogP contribution in [0, 0.1) is 5.41 Å². The number of fused-ring (bicyclic) bond motifs is 3. The van der Waals surface area contributed by atoms with Crippen molar-refractivity contribution in [2.24, 2.45) is 0 Å². The summed E-state index contributed by atoms with van der Waals surface area (Å²) in [5.41, 5.74) is 9.28. The minimum atomic E-state index is 0.495. The summed E-state index contributed by atoms with van der Waals surface area (Å²) in [7, 11) is 3.38. The van der Waals surface area contributed by atoms with Crippen LogP contribution in [0.25, 0.3) is 10.2 Å². The van der Waals surface area contributed by atoms with Crippen LogP contribution in [-0.4, -0.2) is 54.1 Å². The molecule has 4 N–H and O–H groups in total. The molecule has 8 nitrogen and oxygen atoms in total. The van der Waals surface area contributed by atoms with Gasteiger partial charge in [-0.1, -0.05) is 0 Å². The summed E-state index contributed by atoms with van der Waals surface area (Å²) in [4.78, 5) is 22.3. The van der Waals surface area contributed by atoms with Crippen molar-refractivity contribution in [1.29, 1.82) is 5.41 Å². The molecule has 2 heterocycles. The Bertz CT molecular complexity index is 1120. The fourth-order valence-corrected chi connectivity index (χ4v) is 4.84. The minimum absolute atomic E-state index is 0.495. The summed E-state index contributed by atoms with van der Waals surface area (Å²) >= 11 is 7.53. The molecule has 0 atom stereocenters. The SMILES string of the molecule is CN(C)C=O.N=Cc1cc(Nc2ncnc3sc4c(c23)CCCC4)c(OCCCCl)cc1N. The maximum atomic E-state index is 9.43. The predicted molar refractivity (Wildman–Crippen MR) is 137 cm³/mol. The lowest BCUT2D eigenvalue weighted by Gasteiger charge is -2.16. The average molecular weight is 489 g/mol. The molecule has 0 aliphatic heterocycles. The number of nitrogens with one attached hydrogen (secondary N) is 2. The van der Waals surface area contributed by atoms with Crippen molar-refractivity contribution >= 4 is 63.0 Å². The van der Waals surface area contributed by atoms with E-state index in [0.29, 0.717) is 29.5 Å². The number of rotatable bonds is 8. The molecule has 4 rings (SSSR count). The van der Waals surface area contributed by atoms with Gasteiger partial charge in [-0.25, -0.2) is 9.97 Å². The number of nitrogen functional groups attached to an aromatic ring is 1. The fraction of sp³-hybridized carbons (Fsp3) is 0.391. The second-order valence-corrected chi connectivity index (χ2v) is 9.28. The molecule has 3 aromatic rings. The minimum Gasteiger partial charge on any atom is -0.491 e. The van der Waals surface area contributed by atoms with Crippen LogP contribution >= 0.6 is 22.9 Å². The molecule has 0 radical (unpaired) electrons. The largest absolute Gasteiger partial charge is 0.491 e. The third-order valence-corrected chi connectivity index (χ3v) is 6.56. The van der Waals surface area contributed by atoms with Crippen LogP contribution in [0.1, 0.15) is 35.3 Å². The van der Waals surface area contributed by atoms with Gasteiger partial charge in [0, 0.05) is 48.4 Å². The van der Waals surface area contributed by atoms with E-state index in [1.165, 1.54) is 34.4 Å². The molecule has 1 aromatic carbocycles. The Labute approximate surface area is 202 Å². The Kier molecular flexibility index (Phi) is 8.85. The summed E-state index contributed by atoms with van der Waals surface area (Å²) in [6.07, 6.45) is 8.92. The van der Waals surface area contributed by atoms with Gasteiger partial charge in [0.25, 0.3) is 0 Å². The molecule has 0 fully saturated rings. The Morgan fingerprint density at radius 3 is 2.76 bits per heavy atom. The van der Waals surface area contributed by atoms with Crippen LogP contribution in [0.2, 0.25) is 0 Å². The third-order valence-electron chi connectivity index (χ3n) is 5.09. The van der Waals surface area contributed by atoms with Crippen LogP contribution in [0.4, 0.5) is 17.2 Å². The third kappa shape index (κ3) is 6.11. The van der Waals surface area contributed by atoms with E-state index < -0.39 is 0 Å². The van der Waals surface area contributed by atoms with E-state index in [1.807, 2.05) is 6.07 Å². The fourth-order valence-electron chi connectivity index (χ4n) is 3.50. The Balaban J connectivity index is 0.000000555. The van der Waals surface area contributed by atoms with Crippen molar-refractivity contribution in [3.8, 4) is 5.75 Å². The standard InChI is InChI=1S/C20H22ClN5OS.C3H7NO/c21-6-3-7-27-16-9-14(23)12(10-22)8-15(16)26-19-18-13-4-1-2-5-17(13)28-20(18)25-11-24-19;1-4(2)3-5/h8-11,22H,1-7,23H2,(H,24,25,26);3H,1-2H3. The van der Waals surface area contributed by atoms with E-state index >= 15 is 0 Å². The summed E-state index contributed by atoms with van der Waals surface area (Å²) < 4.78 is 5.89. The summed E-state index contributed by atoms with van der Waals surface area (Å²) in [5, 5.41) is 12.1. The van der Waals surface area contributed by atoms with E-state index in [9.17, 15) is 4.79 Å². The molecular weight excluding hydrogens is 460 g/mol. The lowest BCUT2D eigenvalue weighted by Crippen LogP contribution is -2.06. The number of alkyl halides is 1. The van der Waals surface area contributed by atoms with Gasteiger partial charge in [0.1, 0.15) is 22.7 Å². The number of halogens is 1. The van der Waals surface area contributed by atoms with Crippen molar-refractivity contribution in [3.63, 3.8) is 0 Å². The number of hydrogen-bond acceptors (Lipinski definition) is 8. The maximum absolute atomic E-state index is 9.43. The molecule has 0 bridgehead atoms. The smallest absolute Gasteiger partial charge is 0.209 e. The number of aromatic nitrogens is 2. The molecule has 1 aliphatic carbocycles. The van der Waals surface area contributed by atoms with Gasteiger partial charge in [-0.3, -0.25) is 4.79 Å². The van der Waals surface area contributed by atoms with Crippen LogP contribution in [0.15, 0.2) is 18.5 Å². The molecule has 2 aromatic heterocycles. The van der Waals surface area contributed by atoms with Crippen LogP contribution in [0.3, 0.4) is 0 Å². The Morgan fingerprint density at radius 1 is 1.30 bits per heavy atom. The van der Waals surface area contributed by atoms with Crippen molar-refractivity contribution in [2.75, 3.05) is 37.6 Å². The van der Waals surface area contributed by atoms with Crippen molar-refractivity contribution in [2.45, 2.75) is 32.1 Å². The molecule has 1 amide bonds. The van der Waals surface area contributed by atoms with E-state index in [-0.39, 0.29) is 0 Å². The number of anilines is 3. The highest BCUT2D eigenvalue weighted by Crippen LogP contribution is 2.40. The summed E-state index contributed by atoms with van der Waals surface area (Å²) in [6.45, 7) is 0.495. The molecule has 176 valence electrons. The first-order chi connectivity index (χ1) is 16.0. The highest BCUT2D eigenvalue weighted by molar-refractivity contribution is 7.19. The zero-order valence-electron chi connectivity index (χ0n) is 18.9. The number of nitrogens with two attached hydrogens (primary N) is 1. The molecule has 0 unspecified atom stereocenters. The Hall–Kier alpha value is -2.91. The quantitative estimate of drug-likeness (QED) is 0.140. The number of thiophene rings is 1. The van der Waals surface area contributed by atoms with Crippen LogP contribution in [-0.2, 0) is 17.6 Å². The van der Waals surface area contributed by atoms with E-state index in [1.54, 1.807) is 37.8 Å². The zero-order valence-corrected chi connectivity index (χ0v) is 20.4. The first-order valence-electron chi connectivity index (χ1n) is 10.7. The summed E-state index contributed by atoms with van der Waals surface area (Å²) in [6, 6.07) is 3.57. The lowest BCUT2D eigenvalue weighted by molar-refractivity contribution is -0.115. The molecule has 0 saturated heterocycles. The maximum Gasteiger partial charge on any atom is 0.209 e. The second-order valence-electron chi connectivity index (χ2n) is 7.82. The monoisotopic (exact) mass is 488 g/mol. The highest BCUT2D eigenvalue weighted by atomic mass is 35.5. The predicted octanol–water partition coefficient (Wildman–Crippen LogP) is 4.61. The molecule has 0 spiro atoms. The topological polar surface area (TPSA) is 117 Å². The molecule has 1 aliphatic rings. The number of benzene rings is 1. The molecule has 10 heteroatoms. The number of carbonyl (C=O) groups excluding carboxylic acids is 1. The van der Waals surface area contributed by atoms with Gasteiger partial charge >= 0.3 is 0 Å². The number of aryl methyl sites for hydroxylation is 2. The lowest BCUT2D eigenvalue weighted by atomic mass is 9.97. The van der Waals surface area contributed by atoms with Crippen molar-refractivity contribution < 1.29 is 9.53 Å². The van der Waals surface area contributed by atoms with Crippen LogP contribution < -0.4 is 15.8 Å². The van der Waals surface area contributed by atoms with Crippen molar-refractivity contribution in [1.82, 2.24) is 14.9 Å². The van der Waals surface area contributed by atoms with Gasteiger partial charge in [-0.2, -0.15) is 0 Å². The zero-order chi connectivity index (χ0) is 23.8.